The van der Waals surface area contributed by atoms with Crippen LogP contribution in [-0.2, 0) is 6.18 Å². The lowest BCUT2D eigenvalue weighted by molar-refractivity contribution is -0.137. The first-order chi connectivity index (χ1) is 13.9. The molecule has 6 nitrogen and oxygen atoms in total. The molecule has 1 aromatic carbocycles. The third-order valence-electron chi connectivity index (χ3n) is 4.27. The molecule has 2 aromatic rings. The van der Waals surface area contributed by atoms with Gasteiger partial charge in [-0.05, 0) is 24.1 Å². The van der Waals surface area contributed by atoms with Crippen LogP contribution < -0.4 is 16.0 Å². The van der Waals surface area contributed by atoms with Crippen molar-refractivity contribution in [3.63, 3.8) is 0 Å². The second-order valence-electron chi connectivity index (χ2n) is 6.38. The zero-order chi connectivity index (χ0) is 21.1. The summed E-state index contributed by atoms with van der Waals surface area (Å²) < 4.78 is 37.5. The Labute approximate surface area is 168 Å². The molecule has 1 unspecified atom stereocenters. The number of aliphatic hydroxyl groups excluding tert-OH is 1. The number of alkyl halides is 3. The molecule has 1 aromatic heterocycles. The first-order valence-corrected chi connectivity index (χ1v) is 9.31. The van der Waals surface area contributed by atoms with E-state index >= 15 is 0 Å². The molecule has 0 spiro atoms. The number of anilines is 1. The highest BCUT2D eigenvalue weighted by atomic mass is 19.4. The molecule has 0 saturated heterocycles. The van der Waals surface area contributed by atoms with Crippen LogP contribution in [0.1, 0.15) is 23.5 Å². The van der Waals surface area contributed by atoms with Gasteiger partial charge in [0.15, 0.2) is 5.96 Å². The summed E-state index contributed by atoms with van der Waals surface area (Å²) in [5, 5.41) is 18.9. The summed E-state index contributed by atoms with van der Waals surface area (Å²) >= 11 is 0. The average Bonchev–Trinajstić information content (AvgIpc) is 2.73. The van der Waals surface area contributed by atoms with E-state index in [-0.39, 0.29) is 12.5 Å². The SMILES string of the molecule is CN=C(NCCCNc1ccc(C(F)(F)F)cn1)NCC(CO)c1ccccc1. The summed E-state index contributed by atoms with van der Waals surface area (Å²) in [6.07, 6.45) is -2.85. The van der Waals surface area contributed by atoms with E-state index in [4.69, 9.17) is 0 Å². The summed E-state index contributed by atoms with van der Waals surface area (Å²) in [6, 6.07) is 12.1. The summed E-state index contributed by atoms with van der Waals surface area (Å²) in [6.45, 7) is 1.72. The highest BCUT2D eigenvalue weighted by molar-refractivity contribution is 5.79. The lowest BCUT2D eigenvalue weighted by atomic mass is 10.0. The third kappa shape index (κ3) is 7.61. The molecule has 0 aliphatic heterocycles. The van der Waals surface area contributed by atoms with E-state index in [0.717, 1.165) is 17.8 Å². The minimum Gasteiger partial charge on any atom is -0.396 e. The minimum atomic E-state index is -4.38. The number of halogens is 3. The third-order valence-corrected chi connectivity index (χ3v) is 4.27. The normalized spacial score (nSPS) is 13.1. The minimum absolute atomic E-state index is 0.0258. The molecule has 1 heterocycles. The molecule has 0 aliphatic carbocycles. The number of aliphatic hydroxyl groups is 1. The number of hydrogen-bond donors (Lipinski definition) is 4. The van der Waals surface area contributed by atoms with Gasteiger partial charge in [-0.15, -0.1) is 0 Å². The predicted octanol–water partition coefficient (Wildman–Crippen LogP) is 2.84. The van der Waals surface area contributed by atoms with Crippen LogP contribution in [0.25, 0.3) is 0 Å². The van der Waals surface area contributed by atoms with Gasteiger partial charge in [0, 0.05) is 38.8 Å². The Balaban J connectivity index is 1.68. The Kier molecular flexibility index (Phi) is 8.72. The van der Waals surface area contributed by atoms with Crippen LogP contribution in [0.15, 0.2) is 53.7 Å². The number of aromatic nitrogens is 1. The van der Waals surface area contributed by atoms with Gasteiger partial charge in [-0.25, -0.2) is 4.98 Å². The molecule has 1 atom stereocenters. The maximum Gasteiger partial charge on any atom is 0.417 e. The fraction of sp³-hybridized carbons (Fsp3) is 0.400. The number of aliphatic imine (C=N–C) groups is 1. The Hall–Kier alpha value is -2.81. The highest BCUT2D eigenvalue weighted by Crippen LogP contribution is 2.28. The van der Waals surface area contributed by atoms with E-state index in [1.54, 1.807) is 7.05 Å². The van der Waals surface area contributed by atoms with Crippen molar-refractivity contribution in [2.45, 2.75) is 18.5 Å². The zero-order valence-corrected chi connectivity index (χ0v) is 16.2. The van der Waals surface area contributed by atoms with E-state index in [9.17, 15) is 18.3 Å². The van der Waals surface area contributed by atoms with Gasteiger partial charge in [-0.2, -0.15) is 13.2 Å². The fourth-order valence-electron chi connectivity index (χ4n) is 2.63. The molecule has 0 amide bonds. The standard InChI is InChI=1S/C20H26F3N5O/c1-24-19(28-12-16(14-29)15-6-3-2-4-7-15)26-11-5-10-25-18-9-8-17(13-27-18)20(21,22)23/h2-4,6-9,13,16,29H,5,10-12,14H2,1H3,(H,25,27)(H2,24,26,28). The molecular weight excluding hydrogens is 383 g/mol. The van der Waals surface area contributed by atoms with Crippen molar-refractivity contribution >= 4 is 11.8 Å². The van der Waals surface area contributed by atoms with E-state index in [2.05, 4.69) is 25.9 Å². The first-order valence-electron chi connectivity index (χ1n) is 9.31. The smallest absolute Gasteiger partial charge is 0.396 e. The monoisotopic (exact) mass is 409 g/mol. The van der Waals surface area contributed by atoms with Crippen LogP contribution in [0.4, 0.5) is 19.0 Å². The summed E-state index contributed by atoms with van der Waals surface area (Å²) in [4.78, 5) is 7.92. The molecule has 0 saturated carbocycles. The molecule has 0 aliphatic rings. The van der Waals surface area contributed by atoms with Gasteiger partial charge in [-0.1, -0.05) is 30.3 Å². The van der Waals surface area contributed by atoms with Crippen LogP contribution in [0.3, 0.4) is 0 Å². The maximum absolute atomic E-state index is 12.5. The van der Waals surface area contributed by atoms with Gasteiger partial charge >= 0.3 is 6.18 Å². The fourth-order valence-corrected chi connectivity index (χ4v) is 2.63. The lowest BCUT2D eigenvalue weighted by Gasteiger charge is -2.18. The van der Waals surface area contributed by atoms with Crippen molar-refractivity contribution < 1.29 is 18.3 Å². The van der Waals surface area contributed by atoms with E-state index in [1.165, 1.54) is 6.07 Å². The number of nitrogens with one attached hydrogen (secondary N) is 3. The van der Waals surface area contributed by atoms with Crippen LogP contribution in [0.2, 0.25) is 0 Å². The topological polar surface area (TPSA) is 81.6 Å². The Morgan fingerprint density at radius 1 is 1.10 bits per heavy atom. The van der Waals surface area contributed by atoms with E-state index in [0.29, 0.717) is 37.8 Å². The number of nitrogens with zero attached hydrogens (tertiary/aromatic N) is 2. The van der Waals surface area contributed by atoms with Gasteiger partial charge in [0.1, 0.15) is 5.82 Å². The van der Waals surface area contributed by atoms with Crippen molar-refractivity contribution in [3.05, 3.63) is 59.8 Å². The summed E-state index contributed by atoms with van der Waals surface area (Å²) in [5.41, 5.74) is 0.280. The molecule has 4 N–H and O–H groups in total. The van der Waals surface area contributed by atoms with Gasteiger partial charge in [0.05, 0.1) is 12.2 Å². The number of guanidine groups is 1. The van der Waals surface area contributed by atoms with Gasteiger partial charge in [0.2, 0.25) is 0 Å². The van der Waals surface area contributed by atoms with E-state index < -0.39 is 11.7 Å². The maximum atomic E-state index is 12.5. The Morgan fingerprint density at radius 2 is 1.86 bits per heavy atom. The second kappa shape index (κ2) is 11.3. The van der Waals surface area contributed by atoms with Crippen LogP contribution >= 0.6 is 0 Å². The quantitative estimate of drug-likeness (QED) is 0.291. The van der Waals surface area contributed by atoms with Crippen molar-refractivity contribution in [1.29, 1.82) is 0 Å². The van der Waals surface area contributed by atoms with Crippen molar-refractivity contribution in [1.82, 2.24) is 15.6 Å². The van der Waals surface area contributed by atoms with Crippen LogP contribution in [0, 0.1) is 0 Å². The zero-order valence-electron chi connectivity index (χ0n) is 16.2. The molecule has 0 fully saturated rings. The molecule has 0 bridgehead atoms. The van der Waals surface area contributed by atoms with Crippen LogP contribution in [0.5, 0.6) is 0 Å². The molecule has 158 valence electrons. The lowest BCUT2D eigenvalue weighted by Crippen LogP contribution is -2.40. The van der Waals surface area contributed by atoms with Crippen molar-refractivity contribution in [2.24, 2.45) is 4.99 Å². The Morgan fingerprint density at radius 3 is 2.45 bits per heavy atom. The molecule has 0 radical (unpaired) electrons. The number of hydrogen-bond acceptors (Lipinski definition) is 4. The van der Waals surface area contributed by atoms with Crippen LogP contribution in [-0.4, -0.2) is 49.3 Å². The molecule has 9 heteroatoms. The molecule has 2 rings (SSSR count). The molecular formula is C20H26F3N5O. The number of benzene rings is 1. The second-order valence-corrected chi connectivity index (χ2v) is 6.38. The number of rotatable bonds is 9. The first kappa shape index (κ1) is 22.5. The predicted molar refractivity (Wildman–Crippen MR) is 108 cm³/mol. The summed E-state index contributed by atoms with van der Waals surface area (Å²) in [7, 11) is 1.66. The molecule has 29 heavy (non-hydrogen) atoms. The summed E-state index contributed by atoms with van der Waals surface area (Å²) in [5.74, 6) is 0.975. The van der Waals surface area contributed by atoms with Crippen molar-refractivity contribution in [3.8, 4) is 0 Å². The highest BCUT2D eigenvalue weighted by Gasteiger charge is 2.30. The van der Waals surface area contributed by atoms with E-state index in [1.807, 2.05) is 30.3 Å². The van der Waals surface area contributed by atoms with Crippen molar-refractivity contribution in [2.75, 3.05) is 38.6 Å². The average molecular weight is 409 g/mol. The largest absolute Gasteiger partial charge is 0.417 e. The van der Waals surface area contributed by atoms with Gasteiger partial charge in [0.25, 0.3) is 0 Å². The van der Waals surface area contributed by atoms with Gasteiger partial charge < -0.3 is 21.1 Å². The Bertz CT molecular complexity index is 751. The van der Waals surface area contributed by atoms with Gasteiger partial charge in [-0.3, -0.25) is 4.99 Å². The number of pyridine rings is 1.